The molecule has 0 unspecified atom stereocenters. The Morgan fingerprint density at radius 1 is 1.19 bits per heavy atom. The summed E-state index contributed by atoms with van der Waals surface area (Å²) in [7, 11) is 3.19. The van der Waals surface area contributed by atoms with E-state index in [2.05, 4.69) is 10.5 Å². The third-order valence-corrected chi connectivity index (χ3v) is 6.10. The van der Waals surface area contributed by atoms with Gasteiger partial charge in [-0.1, -0.05) is 6.42 Å². The topological polar surface area (TPSA) is 85.9 Å². The number of amides is 1. The first-order chi connectivity index (χ1) is 13.0. The number of carbonyl (C=O) groups is 1. The number of hydrogen-bond donors (Lipinski definition) is 2. The number of rotatable bonds is 5. The molecular weight excluding hydrogens is 362 g/mol. The van der Waals surface area contributed by atoms with Crippen LogP contribution in [0.4, 0.5) is 5.69 Å². The quantitative estimate of drug-likeness (QED) is 0.464. The van der Waals surface area contributed by atoms with Crippen LogP contribution in [0, 0.1) is 0 Å². The lowest BCUT2D eigenvalue weighted by Crippen LogP contribution is -2.19. The first kappa shape index (κ1) is 19.2. The van der Waals surface area contributed by atoms with Crippen LogP contribution in [-0.4, -0.2) is 25.8 Å². The number of ether oxygens (including phenoxy) is 2. The molecule has 1 heterocycles. The highest BCUT2D eigenvalue weighted by molar-refractivity contribution is 7.14. The van der Waals surface area contributed by atoms with E-state index in [4.69, 9.17) is 15.2 Å². The monoisotopic (exact) mass is 387 g/mol. The van der Waals surface area contributed by atoms with Gasteiger partial charge in [0, 0.05) is 10.4 Å². The second-order valence-corrected chi connectivity index (χ2v) is 7.62. The normalized spacial score (nSPS) is 14.3. The molecule has 3 rings (SSSR count). The molecule has 0 saturated carbocycles. The number of nitrogens with zero attached hydrogens (tertiary/aromatic N) is 1. The summed E-state index contributed by atoms with van der Waals surface area (Å²) >= 11 is 1.49. The predicted octanol–water partition coefficient (Wildman–Crippen LogP) is 3.77. The number of methoxy groups -OCH3 is 2. The predicted molar refractivity (Wildman–Crippen MR) is 109 cm³/mol. The van der Waals surface area contributed by atoms with Gasteiger partial charge < -0.3 is 15.2 Å². The van der Waals surface area contributed by atoms with Crippen molar-refractivity contribution in [2.45, 2.75) is 39.0 Å². The highest BCUT2D eigenvalue weighted by Crippen LogP contribution is 2.35. The number of carbonyl (C=O) groups excluding carboxylic acids is 1. The van der Waals surface area contributed by atoms with Crippen LogP contribution in [0.2, 0.25) is 0 Å². The van der Waals surface area contributed by atoms with Crippen LogP contribution in [0.15, 0.2) is 23.3 Å². The van der Waals surface area contributed by atoms with Crippen molar-refractivity contribution in [1.29, 1.82) is 0 Å². The Morgan fingerprint density at radius 2 is 1.96 bits per heavy atom. The van der Waals surface area contributed by atoms with Crippen molar-refractivity contribution in [3.05, 3.63) is 39.1 Å². The van der Waals surface area contributed by atoms with Gasteiger partial charge in [0.2, 0.25) is 0 Å². The molecule has 1 amide bonds. The molecule has 0 atom stereocenters. The number of hydrogen-bond acceptors (Lipinski definition) is 6. The number of nitrogen functional groups attached to an aromatic ring is 1. The summed E-state index contributed by atoms with van der Waals surface area (Å²) in [5, 5.41) is 4.25. The summed E-state index contributed by atoms with van der Waals surface area (Å²) in [6, 6.07) is 5.45. The van der Waals surface area contributed by atoms with Crippen LogP contribution >= 0.6 is 11.3 Å². The first-order valence-corrected chi connectivity index (χ1v) is 9.83. The Labute approximate surface area is 163 Å². The van der Waals surface area contributed by atoms with E-state index in [1.165, 1.54) is 22.6 Å². The molecule has 0 radical (unpaired) electrons. The second-order valence-electron chi connectivity index (χ2n) is 6.51. The van der Waals surface area contributed by atoms with Gasteiger partial charge in [-0.3, -0.25) is 4.79 Å². The first-order valence-electron chi connectivity index (χ1n) is 9.02. The van der Waals surface area contributed by atoms with Crippen LogP contribution in [0.1, 0.15) is 51.9 Å². The standard InChI is InChI=1S/C20H25N3O3S/c1-12(15-11-13(25-2)9-10-16(15)26-3)22-23-20(24)19-18(21)14-7-5-4-6-8-17(14)27-19/h9-11H,4-8,21H2,1-3H3,(H,23,24). The SMILES string of the molecule is COc1ccc(OC)c(C(C)=NNC(=O)c2sc3c(c2N)CCCCC3)c1. The Bertz CT molecular complexity index is 874. The third kappa shape index (κ3) is 4.08. The minimum Gasteiger partial charge on any atom is -0.497 e. The van der Waals surface area contributed by atoms with Gasteiger partial charge in [-0.05, 0) is 56.4 Å². The lowest BCUT2D eigenvalue weighted by molar-refractivity contribution is 0.0959. The summed E-state index contributed by atoms with van der Waals surface area (Å²) in [6.07, 6.45) is 5.45. The van der Waals surface area contributed by atoms with E-state index in [0.717, 1.165) is 36.8 Å². The number of aryl methyl sites for hydroxylation is 1. The molecule has 0 bridgehead atoms. The molecule has 3 N–H and O–H groups in total. The number of benzene rings is 1. The molecule has 0 saturated heterocycles. The van der Waals surface area contributed by atoms with Gasteiger partial charge >= 0.3 is 0 Å². The van der Waals surface area contributed by atoms with Crippen molar-refractivity contribution in [1.82, 2.24) is 5.43 Å². The maximum atomic E-state index is 12.6. The van der Waals surface area contributed by atoms with E-state index in [-0.39, 0.29) is 5.91 Å². The molecule has 1 aliphatic rings. The van der Waals surface area contributed by atoms with Crippen LogP contribution in [0.3, 0.4) is 0 Å². The van der Waals surface area contributed by atoms with E-state index in [1.807, 2.05) is 25.1 Å². The highest BCUT2D eigenvalue weighted by atomic mass is 32.1. The molecule has 1 aromatic carbocycles. The summed E-state index contributed by atoms with van der Waals surface area (Å²) in [5.41, 5.74) is 12.0. The van der Waals surface area contributed by atoms with Crippen LogP contribution in [0.25, 0.3) is 0 Å². The van der Waals surface area contributed by atoms with E-state index < -0.39 is 0 Å². The number of nitrogens with two attached hydrogens (primary N) is 1. The van der Waals surface area contributed by atoms with Crippen LogP contribution < -0.4 is 20.6 Å². The summed E-state index contributed by atoms with van der Waals surface area (Å²) in [6.45, 7) is 1.81. The molecule has 0 fully saturated rings. The molecule has 7 heteroatoms. The number of thiophene rings is 1. The molecule has 1 aliphatic carbocycles. The molecule has 0 aliphatic heterocycles. The lowest BCUT2D eigenvalue weighted by Gasteiger charge is -2.10. The summed E-state index contributed by atoms with van der Waals surface area (Å²) < 4.78 is 10.6. The summed E-state index contributed by atoms with van der Waals surface area (Å²) in [4.78, 5) is 14.4. The van der Waals surface area contributed by atoms with E-state index >= 15 is 0 Å². The van der Waals surface area contributed by atoms with Gasteiger partial charge in [0.15, 0.2) is 0 Å². The minimum atomic E-state index is -0.271. The van der Waals surface area contributed by atoms with Gasteiger partial charge in [-0.2, -0.15) is 5.10 Å². The Hall–Kier alpha value is -2.54. The Balaban J connectivity index is 1.81. The molecule has 2 aromatic rings. The van der Waals surface area contributed by atoms with E-state index in [0.29, 0.717) is 27.8 Å². The van der Waals surface area contributed by atoms with Gasteiger partial charge in [-0.25, -0.2) is 5.43 Å². The summed E-state index contributed by atoms with van der Waals surface area (Å²) in [5.74, 6) is 1.08. The smallest absolute Gasteiger partial charge is 0.283 e. The molecule has 144 valence electrons. The van der Waals surface area contributed by atoms with Crippen molar-refractivity contribution in [3.8, 4) is 11.5 Å². The largest absolute Gasteiger partial charge is 0.497 e. The minimum absolute atomic E-state index is 0.271. The van der Waals surface area contributed by atoms with Gasteiger partial charge in [0.25, 0.3) is 5.91 Å². The zero-order chi connectivity index (χ0) is 19.4. The zero-order valence-corrected chi connectivity index (χ0v) is 16.7. The van der Waals surface area contributed by atoms with Crippen molar-refractivity contribution in [2.24, 2.45) is 5.10 Å². The maximum Gasteiger partial charge on any atom is 0.283 e. The fourth-order valence-corrected chi connectivity index (χ4v) is 4.48. The molecule has 6 nitrogen and oxygen atoms in total. The average molecular weight is 388 g/mol. The van der Waals surface area contributed by atoms with Crippen molar-refractivity contribution >= 4 is 28.6 Å². The van der Waals surface area contributed by atoms with Crippen LogP contribution in [0.5, 0.6) is 11.5 Å². The fraction of sp³-hybridized carbons (Fsp3) is 0.400. The van der Waals surface area contributed by atoms with E-state index in [9.17, 15) is 4.79 Å². The van der Waals surface area contributed by atoms with Crippen LogP contribution in [-0.2, 0) is 12.8 Å². The van der Waals surface area contributed by atoms with E-state index in [1.54, 1.807) is 14.2 Å². The zero-order valence-electron chi connectivity index (χ0n) is 15.9. The second kappa shape index (κ2) is 8.43. The Morgan fingerprint density at radius 3 is 2.70 bits per heavy atom. The number of nitrogens with one attached hydrogen (secondary N) is 1. The van der Waals surface area contributed by atoms with Gasteiger partial charge in [-0.15, -0.1) is 11.3 Å². The molecule has 1 aromatic heterocycles. The maximum absolute atomic E-state index is 12.6. The molecule has 0 spiro atoms. The molecule has 27 heavy (non-hydrogen) atoms. The number of hydrazone groups is 1. The van der Waals surface area contributed by atoms with Crippen molar-refractivity contribution < 1.29 is 14.3 Å². The van der Waals surface area contributed by atoms with Crippen molar-refractivity contribution in [2.75, 3.05) is 20.0 Å². The van der Waals surface area contributed by atoms with Gasteiger partial charge in [0.1, 0.15) is 16.4 Å². The highest BCUT2D eigenvalue weighted by Gasteiger charge is 2.22. The van der Waals surface area contributed by atoms with Crippen molar-refractivity contribution in [3.63, 3.8) is 0 Å². The number of fused-ring (bicyclic) bond motifs is 1. The Kier molecular flexibility index (Phi) is 6.01. The third-order valence-electron chi connectivity index (χ3n) is 4.79. The average Bonchev–Trinajstić information content (AvgIpc) is 2.86. The lowest BCUT2D eigenvalue weighted by atomic mass is 10.1. The number of anilines is 1. The fourth-order valence-electron chi connectivity index (χ4n) is 3.28. The molecular formula is C20H25N3O3S. The van der Waals surface area contributed by atoms with Gasteiger partial charge in [0.05, 0.1) is 25.6 Å².